The fourth-order valence-electron chi connectivity index (χ4n) is 2.65. The molecule has 104 valence electrons. The molecule has 1 aromatic carbocycles. The molecule has 0 fully saturated rings. The molecule has 0 radical (unpaired) electrons. The van der Waals surface area contributed by atoms with Crippen LogP contribution >= 0.6 is 0 Å². The van der Waals surface area contributed by atoms with Gasteiger partial charge in [-0.3, -0.25) is 0 Å². The highest BCUT2D eigenvalue weighted by Gasteiger charge is 2.45. The lowest BCUT2D eigenvalue weighted by Crippen LogP contribution is -2.43. The lowest BCUT2D eigenvalue weighted by molar-refractivity contribution is 0.217. The Morgan fingerprint density at radius 3 is 2.53 bits per heavy atom. The quantitative estimate of drug-likeness (QED) is 0.354. The van der Waals surface area contributed by atoms with Gasteiger partial charge in [0.25, 0.3) is 0 Å². The van der Waals surface area contributed by atoms with Crippen molar-refractivity contribution in [3.63, 3.8) is 0 Å². The van der Waals surface area contributed by atoms with E-state index in [4.69, 9.17) is 15.7 Å². The van der Waals surface area contributed by atoms with Crippen LogP contribution in [0.4, 0.5) is 0 Å². The van der Waals surface area contributed by atoms with Gasteiger partial charge in [-0.25, -0.2) is 0 Å². The first-order chi connectivity index (χ1) is 8.69. The zero-order chi connectivity index (χ0) is 14.4. The fraction of sp³-hybridized carbons (Fsp3) is 0.533. The molecule has 1 heterocycles. The molecular weight excluding hydrogens is 240 g/mol. The van der Waals surface area contributed by atoms with Crippen molar-refractivity contribution in [3.05, 3.63) is 29.3 Å². The van der Waals surface area contributed by atoms with Crippen LogP contribution in [0.2, 0.25) is 0 Å². The van der Waals surface area contributed by atoms with Gasteiger partial charge < -0.3 is 15.7 Å². The highest BCUT2D eigenvalue weighted by molar-refractivity contribution is 5.87. The van der Waals surface area contributed by atoms with Crippen LogP contribution in [0.1, 0.15) is 45.7 Å². The van der Waals surface area contributed by atoms with E-state index >= 15 is 0 Å². The van der Waals surface area contributed by atoms with Crippen LogP contribution < -0.4 is 10.5 Å². The van der Waals surface area contributed by atoms with Crippen LogP contribution in [-0.4, -0.2) is 17.1 Å². The normalized spacial score (nSPS) is 21.9. The molecule has 0 aliphatic carbocycles. The smallest absolute Gasteiger partial charge is 0.181 e. The van der Waals surface area contributed by atoms with Crippen LogP contribution in [0.3, 0.4) is 0 Å². The third-order valence-corrected chi connectivity index (χ3v) is 3.79. The Bertz CT molecular complexity index is 527. The molecule has 1 atom stereocenters. The molecule has 1 aliphatic heterocycles. The second-order valence-electron chi connectivity index (χ2n) is 6.68. The second-order valence-corrected chi connectivity index (χ2v) is 6.68. The molecule has 0 aromatic heterocycles. The molecule has 1 aromatic rings. The topological polar surface area (TPSA) is 67.8 Å². The van der Waals surface area contributed by atoms with Crippen LogP contribution in [0.15, 0.2) is 23.4 Å². The van der Waals surface area contributed by atoms with E-state index < -0.39 is 6.10 Å². The van der Waals surface area contributed by atoms with Crippen molar-refractivity contribution in [2.24, 2.45) is 10.9 Å². The van der Waals surface area contributed by atoms with Gasteiger partial charge in [-0.1, -0.05) is 58.0 Å². The first-order valence-electron chi connectivity index (χ1n) is 6.47. The van der Waals surface area contributed by atoms with Gasteiger partial charge in [0, 0.05) is 11.0 Å². The molecule has 1 aliphatic rings. The molecule has 2 rings (SSSR count). The highest BCUT2D eigenvalue weighted by atomic mass is 16.5. The van der Waals surface area contributed by atoms with Gasteiger partial charge in [0.05, 0.1) is 0 Å². The van der Waals surface area contributed by atoms with Gasteiger partial charge >= 0.3 is 0 Å². The molecule has 0 amide bonds. The minimum atomic E-state index is -0.434. The summed E-state index contributed by atoms with van der Waals surface area (Å²) in [4.78, 5) is 0. The van der Waals surface area contributed by atoms with E-state index in [0.29, 0.717) is 0 Å². The van der Waals surface area contributed by atoms with Gasteiger partial charge in [0.1, 0.15) is 5.75 Å². The zero-order valence-electron chi connectivity index (χ0n) is 12.2. The maximum absolute atomic E-state index is 8.92. The van der Waals surface area contributed by atoms with E-state index in [2.05, 4.69) is 38.1 Å². The van der Waals surface area contributed by atoms with Gasteiger partial charge in [-0.05, 0) is 11.0 Å². The molecular formula is C15H22N2O2. The molecule has 1 unspecified atom stereocenters. The molecule has 0 saturated carbocycles. The molecule has 0 spiro atoms. The number of benzene rings is 1. The molecule has 19 heavy (non-hydrogen) atoms. The Morgan fingerprint density at radius 2 is 2.00 bits per heavy atom. The van der Waals surface area contributed by atoms with E-state index in [1.165, 1.54) is 0 Å². The van der Waals surface area contributed by atoms with Crippen LogP contribution in [0.25, 0.3) is 0 Å². The number of nitrogens with zero attached hydrogens (tertiary/aromatic N) is 1. The molecule has 4 heteroatoms. The third kappa shape index (κ3) is 2.05. The zero-order valence-corrected chi connectivity index (χ0v) is 12.2. The summed E-state index contributed by atoms with van der Waals surface area (Å²) in [5.74, 6) is 0.984. The summed E-state index contributed by atoms with van der Waals surface area (Å²) in [5, 5.41) is 12.0. The Morgan fingerprint density at radius 1 is 1.37 bits per heavy atom. The number of fused-ring (bicyclic) bond motifs is 1. The average Bonchev–Trinajstić information content (AvgIpc) is 2.59. The standard InChI is InChI=1S/C15H22N2O2/c1-14(2,3)9-7-6-8-10-11(9)19-12(13(16)17-18)15(10,4)5/h6-8,12,18H,1-5H3,(H2,16,17). The highest BCUT2D eigenvalue weighted by Crippen LogP contribution is 2.47. The number of para-hydroxylation sites is 1. The Hall–Kier alpha value is -1.71. The summed E-state index contributed by atoms with van der Waals surface area (Å²) in [7, 11) is 0. The molecule has 4 nitrogen and oxygen atoms in total. The van der Waals surface area contributed by atoms with E-state index in [0.717, 1.165) is 16.9 Å². The average molecular weight is 262 g/mol. The van der Waals surface area contributed by atoms with Crippen LogP contribution in [0, 0.1) is 0 Å². The maximum Gasteiger partial charge on any atom is 0.181 e. The summed E-state index contributed by atoms with van der Waals surface area (Å²) < 4.78 is 6.02. The number of oxime groups is 1. The van der Waals surface area contributed by atoms with Crippen molar-refractivity contribution in [2.45, 2.75) is 51.6 Å². The number of ether oxygens (including phenoxy) is 1. The van der Waals surface area contributed by atoms with Gasteiger partial charge in [-0.15, -0.1) is 0 Å². The van der Waals surface area contributed by atoms with Crippen molar-refractivity contribution in [2.75, 3.05) is 0 Å². The number of rotatable bonds is 1. The van der Waals surface area contributed by atoms with E-state index in [1.807, 2.05) is 19.9 Å². The largest absolute Gasteiger partial charge is 0.481 e. The summed E-state index contributed by atoms with van der Waals surface area (Å²) in [6.45, 7) is 10.5. The minimum Gasteiger partial charge on any atom is -0.481 e. The van der Waals surface area contributed by atoms with Crippen molar-refractivity contribution in [3.8, 4) is 5.75 Å². The Balaban J connectivity index is 2.59. The number of nitrogens with two attached hydrogens (primary N) is 1. The first kappa shape index (κ1) is 13.7. The van der Waals surface area contributed by atoms with Crippen molar-refractivity contribution >= 4 is 5.84 Å². The minimum absolute atomic E-state index is 0.0125. The Kier molecular flexibility index (Phi) is 3.00. The second kappa shape index (κ2) is 4.15. The lowest BCUT2D eigenvalue weighted by Gasteiger charge is -2.24. The van der Waals surface area contributed by atoms with Crippen LogP contribution in [-0.2, 0) is 10.8 Å². The number of hydrogen-bond acceptors (Lipinski definition) is 3. The van der Waals surface area contributed by atoms with E-state index in [-0.39, 0.29) is 16.7 Å². The molecule has 0 bridgehead atoms. The summed E-state index contributed by atoms with van der Waals surface area (Å²) in [6, 6.07) is 6.16. The van der Waals surface area contributed by atoms with Gasteiger partial charge in [-0.2, -0.15) is 0 Å². The monoisotopic (exact) mass is 262 g/mol. The number of hydrogen-bond donors (Lipinski definition) is 2. The summed E-state index contributed by atoms with van der Waals surface area (Å²) in [5.41, 5.74) is 7.69. The Labute approximate surface area is 114 Å². The van der Waals surface area contributed by atoms with Crippen molar-refractivity contribution < 1.29 is 9.94 Å². The SMILES string of the molecule is CC(C)(C)c1cccc2c1OC(C(N)=NO)C2(C)C. The van der Waals surface area contributed by atoms with E-state index in [1.54, 1.807) is 0 Å². The van der Waals surface area contributed by atoms with Crippen molar-refractivity contribution in [1.82, 2.24) is 0 Å². The number of amidine groups is 1. The summed E-state index contributed by atoms with van der Waals surface area (Å²) in [6.07, 6.45) is -0.434. The maximum atomic E-state index is 8.92. The van der Waals surface area contributed by atoms with Crippen LogP contribution in [0.5, 0.6) is 5.75 Å². The van der Waals surface area contributed by atoms with Gasteiger partial charge in [0.2, 0.25) is 0 Å². The fourth-order valence-corrected chi connectivity index (χ4v) is 2.65. The molecule has 0 saturated heterocycles. The summed E-state index contributed by atoms with van der Waals surface area (Å²) >= 11 is 0. The predicted molar refractivity (Wildman–Crippen MR) is 76.0 cm³/mol. The third-order valence-electron chi connectivity index (χ3n) is 3.79. The van der Waals surface area contributed by atoms with Gasteiger partial charge in [0.15, 0.2) is 11.9 Å². The predicted octanol–water partition coefficient (Wildman–Crippen LogP) is 2.77. The molecule has 3 N–H and O–H groups in total. The first-order valence-corrected chi connectivity index (χ1v) is 6.47. The lowest BCUT2D eigenvalue weighted by atomic mass is 9.78. The van der Waals surface area contributed by atoms with E-state index in [9.17, 15) is 0 Å². The van der Waals surface area contributed by atoms with Crippen molar-refractivity contribution in [1.29, 1.82) is 0 Å².